The van der Waals surface area contributed by atoms with Crippen LogP contribution in [-0.2, 0) is 11.3 Å². The molecule has 2 aromatic rings. The van der Waals surface area contributed by atoms with Crippen LogP contribution in [0.25, 0.3) is 10.9 Å². The molecule has 1 aromatic heterocycles. The molecular weight excluding hydrogens is 238 g/mol. The van der Waals surface area contributed by atoms with Crippen molar-refractivity contribution in [3.8, 4) is 0 Å². The van der Waals surface area contributed by atoms with E-state index in [1.165, 1.54) is 18.4 Å². The lowest BCUT2D eigenvalue weighted by molar-refractivity contribution is -0.122. The number of benzene rings is 1. The Bertz CT molecular complexity index is 596. The summed E-state index contributed by atoms with van der Waals surface area (Å²) in [6, 6.07) is 6.55. The van der Waals surface area contributed by atoms with Crippen molar-refractivity contribution < 1.29 is 4.79 Å². The number of aromatic nitrogens is 2. The van der Waals surface area contributed by atoms with Gasteiger partial charge in [0, 0.05) is 11.4 Å². The van der Waals surface area contributed by atoms with Crippen LogP contribution in [0.3, 0.4) is 0 Å². The molecule has 1 aliphatic carbocycles. The third-order valence-electron chi connectivity index (χ3n) is 3.81. The molecule has 0 saturated heterocycles. The van der Waals surface area contributed by atoms with Gasteiger partial charge in [-0.1, -0.05) is 25.0 Å². The van der Waals surface area contributed by atoms with Gasteiger partial charge in [0.05, 0.1) is 11.7 Å². The highest BCUT2D eigenvalue weighted by Gasteiger charge is 2.17. The maximum absolute atomic E-state index is 12.0. The van der Waals surface area contributed by atoms with E-state index in [2.05, 4.69) is 29.5 Å². The number of rotatable bonds is 3. The third-order valence-corrected chi connectivity index (χ3v) is 3.81. The van der Waals surface area contributed by atoms with Crippen LogP contribution in [0.5, 0.6) is 0 Å². The standard InChI is InChI=1S/C15H19N3O/c1-11-6-7-12-9-16-18(14(12)8-11)10-15(19)17-13-4-2-3-5-13/h6-9,13H,2-5,10H2,1H3,(H,17,19). The van der Waals surface area contributed by atoms with Crippen molar-refractivity contribution in [2.24, 2.45) is 0 Å². The molecule has 0 bridgehead atoms. The molecule has 0 atom stereocenters. The second-order valence-electron chi connectivity index (χ2n) is 5.41. The molecule has 3 rings (SSSR count). The predicted molar refractivity (Wildman–Crippen MR) is 74.9 cm³/mol. The number of carbonyl (C=O) groups excluding carboxylic acids is 1. The van der Waals surface area contributed by atoms with Gasteiger partial charge in [-0.05, 0) is 31.4 Å². The number of aryl methyl sites for hydroxylation is 1. The number of hydrogen-bond donors (Lipinski definition) is 1. The predicted octanol–water partition coefficient (Wildman–Crippen LogP) is 2.40. The highest BCUT2D eigenvalue weighted by molar-refractivity contribution is 5.82. The Hall–Kier alpha value is -1.84. The molecule has 1 aromatic carbocycles. The Balaban J connectivity index is 1.73. The van der Waals surface area contributed by atoms with E-state index in [-0.39, 0.29) is 5.91 Å². The molecule has 1 fully saturated rings. The number of fused-ring (bicyclic) bond motifs is 1. The number of nitrogens with one attached hydrogen (secondary N) is 1. The molecule has 100 valence electrons. The Morgan fingerprint density at radius 2 is 2.21 bits per heavy atom. The van der Waals surface area contributed by atoms with Crippen LogP contribution in [0, 0.1) is 6.92 Å². The van der Waals surface area contributed by atoms with E-state index in [0.29, 0.717) is 12.6 Å². The number of carbonyl (C=O) groups is 1. The van der Waals surface area contributed by atoms with Crippen LogP contribution in [0.2, 0.25) is 0 Å². The van der Waals surface area contributed by atoms with Crippen LogP contribution in [0.4, 0.5) is 0 Å². The lowest BCUT2D eigenvalue weighted by Gasteiger charge is -2.12. The van der Waals surface area contributed by atoms with Crippen molar-refractivity contribution in [2.75, 3.05) is 0 Å². The summed E-state index contributed by atoms with van der Waals surface area (Å²) in [7, 11) is 0. The molecule has 4 nitrogen and oxygen atoms in total. The van der Waals surface area contributed by atoms with Crippen molar-refractivity contribution in [2.45, 2.75) is 45.2 Å². The van der Waals surface area contributed by atoms with Gasteiger partial charge in [0.1, 0.15) is 6.54 Å². The molecule has 0 radical (unpaired) electrons. The zero-order valence-corrected chi connectivity index (χ0v) is 11.2. The fourth-order valence-corrected chi connectivity index (χ4v) is 2.79. The monoisotopic (exact) mass is 257 g/mol. The minimum Gasteiger partial charge on any atom is -0.352 e. The van der Waals surface area contributed by atoms with Crippen molar-refractivity contribution in [1.29, 1.82) is 0 Å². The van der Waals surface area contributed by atoms with Crippen LogP contribution in [-0.4, -0.2) is 21.7 Å². The molecule has 1 aliphatic rings. The SMILES string of the molecule is Cc1ccc2cnn(CC(=O)NC3CCCC3)c2c1. The third kappa shape index (κ3) is 2.62. The normalized spacial score (nSPS) is 16.1. The van der Waals surface area contributed by atoms with Gasteiger partial charge in [0.25, 0.3) is 0 Å². The van der Waals surface area contributed by atoms with Crippen LogP contribution < -0.4 is 5.32 Å². The van der Waals surface area contributed by atoms with Gasteiger partial charge >= 0.3 is 0 Å². The molecule has 0 aliphatic heterocycles. The molecule has 1 saturated carbocycles. The highest BCUT2D eigenvalue weighted by atomic mass is 16.2. The fourth-order valence-electron chi connectivity index (χ4n) is 2.79. The largest absolute Gasteiger partial charge is 0.352 e. The summed E-state index contributed by atoms with van der Waals surface area (Å²) in [5.41, 5.74) is 2.21. The topological polar surface area (TPSA) is 46.9 Å². The smallest absolute Gasteiger partial charge is 0.241 e. The minimum absolute atomic E-state index is 0.0680. The number of hydrogen-bond acceptors (Lipinski definition) is 2. The second-order valence-corrected chi connectivity index (χ2v) is 5.41. The summed E-state index contributed by atoms with van der Waals surface area (Å²) in [6.45, 7) is 2.36. The summed E-state index contributed by atoms with van der Waals surface area (Å²) >= 11 is 0. The quantitative estimate of drug-likeness (QED) is 0.917. The Labute approximate surface area is 112 Å². The zero-order valence-electron chi connectivity index (χ0n) is 11.2. The molecule has 1 amide bonds. The van der Waals surface area contributed by atoms with Crippen LogP contribution >= 0.6 is 0 Å². The Kier molecular flexibility index (Phi) is 3.23. The second kappa shape index (κ2) is 5.03. The van der Waals surface area contributed by atoms with Gasteiger partial charge in [0.2, 0.25) is 5.91 Å². The van der Waals surface area contributed by atoms with Gasteiger partial charge in [-0.3, -0.25) is 9.48 Å². The summed E-state index contributed by atoms with van der Waals surface area (Å²) in [6.07, 6.45) is 6.51. The zero-order chi connectivity index (χ0) is 13.2. The highest BCUT2D eigenvalue weighted by Crippen LogP contribution is 2.18. The maximum atomic E-state index is 12.0. The average molecular weight is 257 g/mol. The van der Waals surface area contributed by atoms with Gasteiger partial charge in [-0.2, -0.15) is 5.10 Å². The summed E-state index contributed by atoms with van der Waals surface area (Å²) in [5.74, 6) is 0.0680. The first-order valence-corrected chi connectivity index (χ1v) is 6.94. The molecular formula is C15H19N3O. The first-order valence-electron chi connectivity index (χ1n) is 6.94. The molecule has 19 heavy (non-hydrogen) atoms. The van der Waals surface area contributed by atoms with Crippen LogP contribution in [0.15, 0.2) is 24.4 Å². The van der Waals surface area contributed by atoms with Gasteiger partial charge in [-0.25, -0.2) is 0 Å². The van der Waals surface area contributed by atoms with E-state index in [1.807, 2.05) is 12.3 Å². The van der Waals surface area contributed by atoms with Gasteiger partial charge in [0.15, 0.2) is 0 Å². The summed E-state index contributed by atoms with van der Waals surface area (Å²) < 4.78 is 1.78. The molecule has 4 heteroatoms. The van der Waals surface area contributed by atoms with Gasteiger partial charge < -0.3 is 5.32 Å². The molecule has 0 unspecified atom stereocenters. The molecule has 1 N–H and O–H groups in total. The van der Waals surface area contributed by atoms with Crippen molar-refractivity contribution >= 4 is 16.8 Å². The summed E-state index contributed by atoms with van der Waals surface area (Å²) in [5, 5.41) is 8.49. The van der Waals surface area contributed by atoms with Crippen molar-refractivity contribution in [3.63, 3.8) is 0 Å². The molecule has 0 spiro atoms. The van der Waals surface area contributed by atoms with E-state index in [1.54, 1.807) is 4.68 Å². The van der Waals surface area contributed by atoms with E-state index in [0.717, 1.165) is 23.7 Å². The van der Waals surface area contributed by atoms with E-state index < -0.39 is 0 Å². The fraction of sp³-hybridized carbons (Fsp3) is 0.467. The maximum Gasteiger partial charge on any atom is 0.241 e. The number of nitrogens with zero attached hydrogens (tertiary/aromatic N) is 2. The first kappa shape index (κ1) is 12.2. The van der Waals surface area contributed by atoms with E-state index in [9.17, 15) is 4.79 Å². The lowest BCUT2D eigenvalue weighted by Crippen LogP contribution is -2.35. The number of amides is 1. The van der Waals surface area contributed by atoms with Crippen LogP contribution in [0.1, 0.15) is 31.2 Å². The van der Waals surface area contributed by atoms with E-state index >= 15 is 0 Å². The minimum atomic E-state index is 0.0680. The van der Waals surface area contributed by atoms with Gasteiger partial charge in [-0.15, -0.1) is 0 Å². The summed E-state index contributed by atoms with van der Waals surface area (Å²) in [4.78, 5) is 12.0. The molecule has 1 heterocycles. The Morgan fingerprint density at radius 1 is 1.42 bits per heavy atom. The first-order chi connectivity index (χ1) is 9.22. The van der Waals surface area contributed by atoms with Crippen molar-refractivity contribution in [3.05, 3.63) is 30.0 Å². The lowest BCUT2D eigenvalue weighted by atomic mass is 10.2. The Morgan fingerprint density at radius 3 is 3.00 bits per heavy atom. The average Bonchev–Trinajstić information content (AvgIpc) is 3.00. The van der Waals surface area contributed by atoms with E-state index in [4.69, 9.17) is 0 Å². The van der Waals surface area contributed by atoms with Crippen molar-refractivity contribution in [1.82, 2.24) is 15.1 Å².